The quantitative estimate of drug-likeness (QED) is 0.568. The number of hydrogen-bond acceptors (Lipinski definition) is 3. The molecule has 2 heterocycles. The summed E-state index contributed by atoms with van der Waals surface area (Å²) in [7, 11) is 3.39. The first-order valence-electron chi connectivity index (χ1n) is 5.97. The Labute approximate surface area is 113 Å². The van der Waals surface area contributed by atoms with Crippen molar-refractivity contribution in [3.63, 3.8) is 0 Å². The lowest BCUT2D eigenvalue weighted by Crippen LogP contribution is -2.22. The van der Waals surface area contributed by atoms with Gasteiger partial charge in [0.2, 0.25) is 0 Å². The SMILES string of the molecule is Cn1c(=O)n(C)c2cc(/C=C3/NC(=O)NC3=O)ccc21. The highest BCUT2D eigenvalue weighted by Crippen LogP contribution is 2.16. The zero-order valence-electron chi connectivity index (χ0n) is 10.9. The minimum atomic E-state index is -0.533. The summed E-state index contributed by atoms with van der Waals surface area (Å²) in [6.07, 6.45) is 1.57. The lowest BCUT2D eigenvalue weighted by atomic mass is 10.1. The van der Waals surface area contributed by atoms with Gasteiger partial charge < -0.3 is 5.32 Å². The Balaban J connectivity index is 2.13. The van der Waals surface area contributed by atoms with Crippen molar-refractivity contribution in [2.24, 2.45) is 14.1 Å². The van der Waals surface area contributed by atoms with Gasteiger partial charge in [0.05, 0.1) is 11.0 Å². The molecule has 0 radical (unpaired) electrons. The number of nitrogens with zero attached hydrogens (tertiary/aromatic N) is 2. The van der Waals surface area contributed by atoms with Gasteiger partial charge in [0.15, 0.2) is 0 Å². The van der Waals surface area contributed by atoms with E-state index in [2.05, 4.69) is 10.6 Å². The molecule has 1 aromatic carbocycles. The van der Waals surface area contributed by atoms with Crippen LogP contribution in [0.3, 0.4) is 0 Å². The van der Waals surface area contributed by atoms with E-state index in [1.54, 1.807) is 42.9 Å². The van der Waals surface area contributed by atoms with E-state index >= 15 is 0 Å². The minimum Gasteiger partial charge on any atom is -0.303 e. The Morgan fingerprint density at radius 2 is 1.70 bits per heavy atom. The lowest BCUT2D eigenvalue weighted by molar-refractivity contribution is -0.115. The van der Waals surface area contributed by atoms with Crippen LogP contribution in [0, 0.1) is 0 Å². The van der Waals surface area contributed by atoms with Crippen molar-refractivity contribution in [2.75, 3.05) is 0 Å². The van der Waals surface area contributed by atoms with E-state index in [-0.39, 0.29) is 11.4 Å². The number of aryl methyl sites for hydroxylation is 2. The maximum Gasteiger partial charge on any atom is 0.328 e. The van der Waals surface area contributed by atoms with Crippen LogP contribution in [0.4, 0.5) is 4.79 Å². The molecule has 7 nitrogen and oxygen atoms in total. The molecule has 1 aliphatic rings. The average Bonchev–Trinajstić information content (AvgIpc) is 2.83. The van der Waals surface area contributed by atoms with Crippen LogP contribution >= 0.6 is 0 Å². The summed E-state index contributed by atoms with van der Waals surface area (Å²) in [6.45, 7) is 0. The van der Waals surface area contributed by atoms with Gasteiger partial charge in [-0.1, -0.05) is 6.07 Å². The molecule has 0 atom stereocenters. The summed E-state index contributed by atoms with van der Waals surface area (Å²) in [6, 6.07) is 4.85. The van der Waals surface area contributed by atoms with Crippen LogP contribution in [0.1, 0.15) is 5.56 Å². The molecule has 7 heteroatoms. The van der Waals surface area contributed by atoms with Crippen LogP contribution < -0.4 is 16.3 Å². The molecule has 1 aromatic heterocycles. The highest BCUT2D eigenvalue weighted by molar-refractivity contribution is 6.14. The molecule has 0 saturated carbocycles. The number of carbonyl (C=O) groups excluding carboxylic acids is 2. The number of amides is 3. The second-order valence-corrected chi connectivity index (χ2v) is 4.62. The summed E-state index contributed by atoms with van der Waals surface area (Å²) >= 11 is 0. The van der Waals surface area contributed by atoms with Gasteiger partial charge in [-0.05, 0) is 23.8 Å². The number of imide groups is 1. The van der Waals surface area contributed by atoms with Gasteiger partial charge in [-0.2, -0.15) is 0 Å². The maximum absolute atomic E-state index is 11.8. The highest BCUT2D eigenvalue weighted by atomic mass is 16.2. The van der Waals surface area contributed by atoms with Crippen LogP contribution in [0.15, 0.2) is 28.7 Å². The third-order valence-electron chi connectivity index (χ3n) is 3.33. The average molecular weight is 272 g/mol. The van der Waals surface area contributed by atoms with E-state index in [0.29, 0.717) is 0 Å². The van der Waals surface area contributed by atoms with Crippen molar-refractivity contribution < 1.29 is 9.59 Å². The molecule has 1 saturated heterocycles. The lowest BCUT2D eigenvalue weighted by Gasteiger charge is -1.99. The molecule has 1 fully saturated rings. The molecule has 3 rings (SSSR count). The molecular formula is C13H12N4O3. The number of hydrogen-bond donors (Lipinski definition) is 2. The second-order valence-electron chi connectivity index (χ2n) is 4.62. The number of rotatable bonds is 1. The Morgan fingerprint density at radius 3 is 2.35 bits per heavy atom. The van der Waals surface area contributed by atoms with Crippen molar-refractivity contribution >= 4 is 29.0 Å². The summed E-state index contributed by atoms with van der Waals surface area (Å²) in [4.78, 5) is 34.3. The van der Waals surface area contributed by atoms with Crippen LogP contribution in [-0.4, -0.2) is 21.1 Å². The summed E-state index contributed by atoms with van der Waals surface area (Å²) in [5.41, 5.74) is 2.37. The largest absolute Gasteiger partial charge is 0.328 e. The zero-order chi connectivity index (χ0) is 14.4. The van der Waals surface area contributed by atoms with Crippen molar-refractivity contribution in [1.82, 2.24) is 19.8 Å². The Bertz CT molecular complexity index is 841. The van der Waals surface area contributed by atoms with Gasteiger partial charge in [0, 0.05) is 14.1 Å². The Hall–Kier alpha value is -2.83. The van der Waals surface area contributed by atoms with Crippen molar-refractivity contribution in [2.45, 2.75) is 0 Å². The van der Waals surface area contributed by atoms with Gasteiger partial charge in [-0.3, -0.25) is 19.2 Å². The van der Waals surface area contributed by atoms with Crippen LogP contribution in [0.2, 0.25) is 0 Å². The van der Waals surface area contributed by atoms with E-state index in [4.69, 9.17) is 0 Å². The number of fused-ring (bicyclic) bond motifs is 1. The summed E-state index contributed by atoms with van der Waals surface area (Å²) < 4.78 is 3.08. The number of nitrogens with one attached hydrogen (secondary N) is 2. The monoisotopic (exact) mass is 272 g/mol. The third kappa shape index (κ3) is 1.71. The normalized spacial score (nSPS) is 16.8. The molecular weight excluding hydrogens is 260 g/mol. The molecule has 20 heavy (non-hydrogen) atoms. The molecule has 2 N–H and O–H groups in total. The van der Waals surface area contributed by atoms with E-state index in [1.807, 2.05) is 0 Å². The zero-order valence-corrected chi connectivity index (χ0v) is 10.9. The molecule has 0 bridgehead atoms. The van der Waals surface area contributed by atoms with Gasteiger partial charge in [0.1, 0.15) is 5.70 Å². The van der Waals surface area contributed by atoms with Gasteiger partial charge in [-0.25, -0.2) is 9.59 Å². The van der Waals surface area contributed by atoms with Gasteiger partial charge >= 0.3 is 11.7 Å². The van der Waals surface area contributed by atoms with Crippen molar-refractivity contribution in [1.29, 1.82) is 0 Å². The summed E-state index contributed by atoms with van der Waals surface area (Å²) in [5.74, 6) is -0.461. The molecule has 0 unspecified atom stereocenters. The minimum absolute atomic E-state index is 0.114. The highest BCUT2D eigenvalue weighted by Gasteiger charge is 2.22. The molecule has 102 valence electrons. The van der Waals surface area contributed by atoms with Gasteiger partial charge in [0.25, 0.3) is 5.91 Å². The third-order valence-corrected chi connectivity index (χ3v) is 3.33. The second kappa shape index (κ2) is 4.09. The summed E-state index contributed by atoms with van der Waals surface area (Å²) in [5, 5.41) is 4.55. The Kier molecular flexibility index (Phi) is 2.50. The van der Waals surface area contributed by atoms with Crippen molar-refractivity contribution in [3.05, 3.63) is 39.9 Å². The van der Waals surface area contributed by atoms with Crippen LogP contribution in [0.5, 0.6) is 0 Å². The van der Waals surface area contributed by atoms with Crippen molar-refractivity contribution in [3.8, 4) is 0 Å². The molecule has 0 spiro atoms. The first-order chi connectivity index (χ1) is 9.47. The topological polar surface area (TPSA) is 85.1 Å². The molecule has 0 aliphatic carbocycles. The molecule has 3 amide bonds. The standard InChI is InChI=1S/C13H12N4O3/c1-16-9-4-3-7(6-10(9)17(2)13(16)20)5-8-11(18)15-12(19)14-8/h3-6H,1-2H3,(H2,14,15,18,19)/b8-5+. The van der Waals surface area contributed by atoms with Gasteiger partial charge in [-0.15, -0.1) is 0 Å². The van der Waals surface area contributed by atoms with E-state index in [0.717, 1.165) is 16.6 Å². The number of urea groups is 1. The first-order valence-corrected chi connectivity index (χ1v) is 5.97. The maximum atomic E-state index is 11.8. The van der Waals surface area contributed by atoms with E-state index in [9.17, 15) is 14.4 Å². The van der Waals surface area contributed by atoms with E-state index in [1.165, 1.54) is 4.57 Å². The smallest absolute Gasteiger partial charge is 0.303 e. The first kappa shape index (κ1) is 12.2. The fourth-order valence-electron chi connectivity index (χ4n) is 2.26. The van der Waals surface area contributed by atoms with Crippen LogP contribution in [0.25, 0.3) is 17.1 Å². The number of benzene rings is 1. The fraction of sp³-hybridized carbons (Fsp3) is 0.154. The number of aromatic nitrogens is 2. The van der Waals surface area contributed by atoms with Crippen LogP contribution in [-0.2, 0) is 18.9 Å². The predicted octanol–water partition coefficient (Wildman–Crippen LogP) is 0.0573. The fourth-order valence-corrected chi connectivity index (χ4v) is 2.26. The Morgan fingerprint density at radius 1 is 1.00 bits per heavy atom. The van der Waals surface area contributed by atoms with E-state index < -0.39 is 11.9 Å². The molecule has 2 aromatic rings. The number of imidazole rings is 1. The molecule has 1 aliphatic heterocycles. The predicted molar refractivity (Wildman–Crippen MR) is 72.8 cm³/mol. The number of carbonyl (C=O) groups is 2.